The van der Waals surface area contributed by atoms with Crippen molar-refractivity contribution in [3.05, 3.63) is 42.5 Å². The second-order valence-electron chi connectivity index (χ2n) is 7.03. The highest BCUT2D eigenvalue weighted by Gasteiger charge is 2.32. The zero-order valence-electron chi connectivity index (χ0n) is 14.8. The molecule has 0 unspecified atom stereocenters. The third kappa shape index (κ3) is 4.24. The highest BCUT2D eigenvalue weighted by atomic mass is 16.3. The van der Waals surface area contributed by atoms with Gasteiger partial charge in [-0.25, -0.2) is 0 Å². The van der Waals surface area contributed by atoms with Crippen molar-refractivity contribution >= 4 is 5.91 Å². The van der Waals surface area contributed by atoms with Crippen molar-refractivity contribution in [3.8, 4) is 5.69 Å². The topological polar surface area (TPSA) is 74.5 Å². The fourth-order valence-electron chi connectivity index (χ4n) is 3.44. The van der Waals surface area contributed by atoms with Crippen LogP contribution in [0.4, 0.5) is 0 Å². The summed E-state index contributed by atoms with van der Waals surface area (Å²) in [5.74, 6) is 0.00373. The SMILES string of the molecule is CN(C)C[C@]1(O)CCCN(C(=O)c2cccc(-n3cnnc3)c2)CC1. The quantitative estimate of drug-likeness (QED) is 0.902. The van der Waals surface area contributed by atoms with Crippen LogP contribution in [0, 0.1) is 0 Å². The van der Waals surface area contributed by atoms with Crippen LogP contribution in [0.2, 0.25) is 0 Å². The van der Waals surface area contributed by atoms with Crippen molar-refractivity contribution in [1.29, 1.82) is 0 Å². The molecule has 0 bridgehead atoms. The standard InChI is InChI=1S/C18H25N5O2/c1-21(2)12-18(25)7-4-9-22(10-8-18)17(24)15-5-3-6-16(11-15)23-13-19-20-14-23/h3,5-6,11,13-14,25H,4,7-10,12H2,1-2H3/t18-/m0/s1. The lowest BCUT2D eigenvalue weighted by Gasteiger charge is -2.30. The van der Waals surface area contributed by atoms with Crippen LogP contribution in [0.1, 0.15) is 29.6 Å². The van der Waals surface area contributed by atoms with E-state index in [4.69, 9.17) is 0 Å². The number of carbonyl (C=O) groups excluding carboxylic acids is 1. The molecule has 1 N–H and O–H groups in total. The van der Waals surface area contributed by atoms with Gasteiger partial charge in [0.2, 0.25) is 0 Å². The van der Waals surface area contributed by atoms with Crippen molar-refractivity contribution in [3.63, 3.8) is 0 Å². The Bertz CT molecular complexity index is 716. The summed E-state index contributed by atoms with van der Waals surface area (Å²) in [4.78, 5) is 16.7. The van der Waals surface area contributed by atoms with E-state index in [0.717, 1.165) is 18.5 Å². The van der Waals surface area contributed by atoms with Crippen molar-refractivity contribution < 1.29 is 9.90 Å². The Balaban J connectivity index is 1.72. The molecular formula is C18H25N5O2. The lowest BCUT2D eigenvalue weighted by molar-refractivity contribution is 0.00305. The molecule has 134 valence electrons. The molecule has 1 saturated heterocycles. The highest BCUT2D eigenvalue weighted by Crippen LogP contribution is 2.24. The molecule has 0 spiro atoms. The Kier molecular flexibility index (Phi) is 5.15. The lowest BCUT2D eigenvalue weighted by atomic mass is 9.94. The van der Waals surface area contributed by atoms with Gasteiger partial charge in [0.25, 0.3) is 5.91 Å². The number of aliphatic hydroxyl groups is 1. The summed E-state index contributed by atoms with van der Waals surface area (Å²) >= 11 is 0. The average molecular weight is 343 g/mol. The van der Waals surface area contributed by atoms with E-state index in [-0.39, 0.29) is 5.91 Å². The van der Waals surface area contributed by atoms with Crippen LogP contribution in [-0.4, -0.2) is 74.9 Å². The van der Waals surface area contributed by atoms with Gasteiger partial charge in [-0.3, -0.25) is 9.36 Å². The van der Waals surface area contributed by atoms with E-state index in [2.05, 4.69) is 10.2 Å². The average Bonchev–Trinajstić information content (AvgIpc) is 3.05. The van der Waals surface area contributed by atoms with Gasteiger partial charge in [0.15, 0.2) is 0 Å². The van der Waals surface area contributed by atoms with Crippen molar-refractivity contribution in [2.24, 2.45) is 0 Å². The molecule has 1 aliphatic rings. The molecule has 3 rings (SSSR count). The number of rotatable bonds is 4. The lowest BCUT2D eigenvalue weighted by Crippen LogP contribution is -2.41. The molecular weight excluding hydrogens is 318 g/mol. The number of amides is 1. The Labute approximate surface area is 147 Å². The molecule has 1 aromatic heterocycles. The summed E-state index contributed by atoms with van der Waals surface area (Å²) in [7, 11) is 3.92. The van der Waals surface area contributed by atoms with Gasteiger partial charge in [-0.05, 0) is 51.6 Å². The maximum atomic E-state index is 12.9. The van der Waals surface area contributed by atoms with E-state index in [1.54, 1.807) is 17.2 Å². The van der Waals surface area contributed by atoms with Gasteiger partial charge in [-0.2, -0.15) is 0 Å². The minimum atomic E-state index is -0.719. The first-order chi connectivity index (χ1) is 12.0. The van der Waals surface area contributed by atoms with Gasteiger partial charge >= 0.3 is 0 Å². The van der Waals surface area contributed by atoms with Crippen LogP contribution in [0.25, 0.3) is 5.69 Å². The van der Waals surface area contributed by atoms with Crippen LogP contribution in [0.5, 0.6) is 0 Å². The van der Waals surface area contributed by atoms with Crippen molar-refractivity contribution in [1.82, 2.24) is 24.6 Å². The van der Waals surface area contributed by atoms with E-state index >= 15 is 0 Å². The van der Waals surface area contributed by atoms with Crippen LogP contribution in [0.15, 0.2) is 36.9 Å². The van der Waals surface area contributed by atoms with Gasteiger partial charge in [-0.15, -0.1) is 10.2 Å². The maximum absolute atomic E-state index is 12.9. The number of likely N-dealkylation sites (N-methyl/N-ethyl adjacent to an activating group) is 1. The first-order valence-corrected chi connectivity index (χ1v) is 8.58. The summed E-state index contributed by atoms with van der Waals surface area (Å²) < 4.78 is 1.77. The van der Waals surface area contributed by atoms with Gasteiger partial charge < -0.3 is 14.9 Å². The molecule has 1 fully saturated rings. The summed E-state index contributed by atoms with van der Waals surface area (Å²) in [5.41, 5.74) is 0.780. The number of aromatic nitrogens is 3. The summed E-state index contributed by atoms with van der Waals surface area (Å²) in [5, 5.41) is 18.4. The molecule has 2 heterocycles. The Hall–Kier alpha value is -2.25. The van der Waals surface area contributed by atoms with Crippen molar-refractivity contribution in [2.75, 3.05) is 33.7 Å². The van der Waals surface area contributed by atoms with E-state index in [0.29, 0.717) is 31.6 Å². The smallest absolute Gasteiger partial charge is 0.253 e. The number of likely N-dealkylation sites (tertiary alicyclic amines) is 1. The molecule has 1 amide bonds. The second kappa shape index (κ2) is 7.33. The van der Waals surface area contributed by atoms with Crippen LogP contribution in [-0.2, 0) is 0 Å². The molecule has 0 radical (unpaired) electrons. The van der Waals surface area contributed by atoms with E-state index in [1.165, 1.54) is 0 Å². The third-order valence-corrected chi connectivity index (χ3v) is 4.62. The summed E-state index contributed by atoms with van der Waals surface area (Å²) in [6, 6.07) is 7.46. The van der Waals surface area contributed by atoms with E-state index in [9.17, 15) is 9.90 Å². The summed E-state index contributed by atoms with van der Waals surface area (Å²) in [6.07, 6.45) is 5.34. The molecule has 25 heavy (non-hydrogen) atoms. The van der Waals surface area contributed by atoms with Gasteiger partial charge in [0, 0.05) is 30.9 Å². The fourth-order valence-corrected chi connectivity index (χ4v) is 3.44. The fraction of sp³-hybridized carbons (Fsp3) is 0.500. The Morgan fingerprint density at radius 3 is 2.72 bits per heavy atom. The zero-order valence-corrected chi connectivity index (χ0v) is 14.8. The predicted molar refractivity (Wildman–Crippen MR) is 94.6 cm³/mol. The first-order valence-electron chi connectivity index (χ1n) is 8.58. The molecule has 7 heteroatoms. The molecule has 7 nitrogen and oxygen atoms in total. The maximum Gasteiger partial charge on any atom is 0.253 e. The molecule has 1 aliphatic heterocycles. The number of nitrogens with zero attached hydrogens (tertiary/aromatic N) is 5. The molecule has 0 saturated carbocycles. The molecule has 2 aromatic rings. The van der Waals surface area contributed by atoms with E-state index in [1.807, 2.05) is 48.2 Å². The summed E-state index contributed by atoms with van der Waals surface area (Å²) in [6.45, 7) is 1.86. The predicted octanol–water partition coefficient (Wildman–Crippen LogP) is 1.19. The number of hydrogen-bond donors (Lipinski definition) is 1. The molecule has 1 atom stereocenters. The molecule has 1 aromatic carbocycles. The van der Waals surface area contributed by atoms with Crippen molar-refractivity contribution in [2.45, 2.75) is 24.9 Å². The molecule has 0 aliphatic carbocycles. The Morgan fingerprint density at radius 1 is 1.24 bits per heavy atom. The normalized spacial score (nSPS) is 21.4. The number of hydrogen-bond acceptors (Lipinski definition) is 5. The van der Waals surface area contributed by atoms with Gasteiger partial charge in [0.1, 0.15) is 12.7 Å². The third-order valence-electron chi connectivity index (χ3n) is 4.62. The number of carbonyl (C=O) groups is 1. The van der Waals surface area contributed by atoms with Crippen LogP contribution < -0.4 is 0 Å². The largest absolute Gasteiger partial charge is 0.388 e. The first kappa shape index (κ1) is 17.6. The highest BCUT2D eigenvalue weighted by molar-refractivity contribution is 5.94. The van der Waals surface area contributed by atoms with E-state index < -0.39 is 5.60 Å². The number of benzene rings is 1. The van der Waals surface area contributed by atoms with Gasteiger partial charge in [0.05, 0.1) is 5.60 Å². The minimum absolute atomic E-state index is 0.00373. The Morgan fingerprint density at radius 2 is 2.00 bits per heavy atom. The zero-order chi connectivity index (χ0) is 17.9. The second-order valence-corrected chi connectivity index (χ2v) is 7.03. The minimum Gasteiger partial charge on any atom is -0.388 e. The van der Waals surface area contributed by atoms with Gasteiger partial charge in [-0.1, -0.05) is 6.07 Å². The van der Waals surface area contributed by atoms with Crippen LogP contribution in [0.3, 0.4) is 0 Å². The monoisotopic (exact) mass is 343 g/mol. The van der Waals surface area contributed by atoms with Crippen LogP contribution >= 0.6 is 0 Å².